The molecule has 1 heterocycles. The van der Waals surface area contributed by atoms with Crippen molar-refractivity contribution in [2.24, 2.45) is 0 Å². The summed E-state index contributed by atoms with van der Waals surface area (Å²) in [5, 5.41) is 9.40. The summed E-state index contributed by atoms with van der Waals surface area (Å²) in [6, 6.07) is 20.9. The van der Waals surface area contributed by atoms with Crippen LogP contribution in [0.15, 0.2) is 71.2 Å². The zero-order valence-corrected chi connectivity index (χ0v) is 13.8. The first-order chi connectivity index (χ1) is 11.1. The van der Waals surface area contributed by atoms with Crippen LogP contribution in [0.2, 0.25) is 0 Å². The van der Waals surface area contributed by atoms with Gasteiger partial charge in [-0.1, -0.05) is 58.4 Å². The third-order valence-electron chi connectivity index (χ3n) is 3.56. The normalized spacial score (nSPS) is 10.5. The van der Waals surface area contributed by atoms with E-state index in [9.17, 15) is 9.90 Å². The van der Waals surface area contributed by atoms with Gasteiger partial charge in [-0.2, -0.15) is 0 Å². The Hall–Kier alpha value is -2.46. The fourth-order valence-corrected chi connectivity index (χ4v) is 2.67. The van der Waals surface area contributed by atoms with Crippen molar-refractivity contribution in [1.82, 2.24) is 4.98 Å². The van der Waals surface area contributed by atoms with Gasteiger partial charge < -0.3 is 5.11 Å². The highest BCUT2D eigenvalue weighted by molar-refractivity contribution is 9.10. The lowest BCUT2D eigenvalue weighted by atomic mass is 10.0. The van der Waals surface area contributed by atoms with Crippen molar-refractivity contribution in [3.05, 3.63) is 88.0 Å². The first-order valence-corrected chi connectivity index (χ1v) is 7.96. The Morgan fingerprint density at radius 3 is 2.30 bits per heavy atom. The molecule has 2 aromatic carbocycles. The van der Waals surface area contributed by atoms with Gasteiger partial charge in [-0.05, 0) is 29.8 Å². The lowest BCUT2D eigenvalue weighted by Crippen LogP contribution is -2.06. The number of hydrogen-bond acceptors (Lipinski definition) is 2. The van der Waals surface area contributed by atoms with Gasteiger partial charge in [0, 0.05) is 16.5 Å². The van der Waals surface area contributed by atoms with Crippen LogP contribution in [0, 0.1) is 0 Å². The molecule has 0 spiro atoms. The lowest BCUT2D eigenvalue weighted by molar-refractivity contribution is 0.0695. The third-order valence-corrected chi connectivity index (χ3v) is 4.09. The number of nitrogens with zero attached hydrogens (tertiary/aromatic N) is 1. The number of carboxylic acids is 1. The summed E-state index contributed by atoms with van der Waals surface area (Å²) in [4.78, 5) is 16.1. The van der Waals surface area contributed by atoms with E-state index >= 15 is 0 Å². The third kappa shape index (κ3) is 3.66. The number of carboxylic acid groups (broad SMARTS) is 1. The van der Waals surface area contributed by atoms with Crippen LogP contribution in [0.5, 0.6) is 0 Å². The predicted molar refractivity (Wildman–Crippen MR) is 93.6 cm³/mol. The molecular weight excluding hydrogens is 354 g/mol. The van der Waals surface area contributed by atoms with E-state index in [2.05, 4.69) is 20.9 Å². The zero-order valence-electron chi connectivity index (χ0n) is 12.2. The highest BCUT2D eigenvalue weighted by Crippen LogP contribution is 2.23. The minimum Gasteiger partial charge on any atom is -0.478 e. The van der Waals surface area contributed by atoms with Crippen LogP contribution < -0.4 is 0 Å². The van der Waals surface area contributed by atoms with Crippen molar-refractivity contribution in [2.75, 3.05) is 0 Å². The fraction of sp³-hybridized carbons (Fsp3) is 0.0526. The van der Waals surface area contributed by atoms with E-state index in [-0.39, 0.29) is 5.56 Å². The molecule has 0 radical (unpaired) electrons. The molecule has 0 aliphatic carbocycles. The fourth-order valence-electron chi connectivity index (χ4n) is 2.40. The molecule has 0 amide bonds. The molecule has 1 aromatic heterocycles. The molecule has 0 fully saturated rings. The van der Waals surface area contributed by atoms with Gasteiger partial charge in [0.05, 0.1) is 17.0 Å². The minimum atomic E-state index is -0.953. The summed E-state index contributed by atoms with van der Waals surface area (Å²) in [5.74, 6) is -0.953. The quantitative estimate of drug-likeness (QED) is 0.720. The summed E-state index contributed by atoms with van der Waals surface area (Å²) < 4.78 is 0.993. The number of hydrogen-bond donors (Lipinski definition) is 1. The summed E-state index contributed by atoms with van der Waals surface area (Å²) in [7, 11) is 0. The maximum Gasteiger partial charge on any atom is 0.337 e. The van der Waals surface area contributed by atoms with E-state index in [1.54, 1.807) is 12.1 Å². The molecule has 3 aromatic rings. The second-order valence-corrected chi connectivity index (χ2v) is 6.08. The molecule has 1 N–H and O–H groups in total. The van der Waals surface area contributed by atoms with Crippen LogP contribution in [0.3, 0.4) is 0 Å². The number of pyridine rings is 1. The lowest BCUT2D eigenvalue weighted by Gasteiger charge is -2.09. The molecule has 0 atom stereocenters. The molecule has 3 nitrogen and oxygen atoms in total. The van der Waals surface area contributed by atoms with Gasteiger partial charge in [0.1, 0.15) is 0 Å². The monoisotopic (exact) mass is 367 g/mol. The van der Waals surface area contributed by atoms with Crippen LogP contribution in [-0.4, -0.2) is 16.1 Å². The van der Waals surface area contributed by atoms with E-state index in [1.165, 1.54) is 0 Å². The largest absolute Gasteiger partial charge is 0.478 e. The highest BCUT2D eigenvalue weighted by Gasteiger charge is 2.13. The van der Waals surface area contributed by atoms with Gasteiger partial charge >= 0.3 is 5.97 Å². The molecule has 0 bridgehead atoms. The number of aromatic carboxylic acids is 1. The number of carbonyl (C=O) groups is 1. The van der Waals surface area contributed by atoms with E-state index in [0.717, 1.165) is 21.3 Å². The second-order valence-electron chi connectivity index (χ2n) is 5.17. The Morgan fingerprint density at radius 2 is 1.65 bits per heavy atom. The SMILES string of the molecule is O=C(O)c1ccc(-c2ccc(Br)cc2)nc1Cc1ccccc1. The maximum atomic E-state index is 11.5. The van der Waals surface area contributed by atoms with Crippen molar-refractivity contribution >= 4 is 21.9 Å². The van der Waals surface area contributed by atoms with Crippen molar-refractivity contribution in [1.29, 1.82) is 0 Å². The molecule has 23 heavy (non-hydrogen) atoms. The van der Waals surface area contributed by atoms with Gasteiger partial charge in [-0.25, -0.2) is 4.79 Å². The number of halogens is 1. The zero-order chi connectivity index (χ0) is 16.2. The van der Waals surface area contributed by atoms with E-state index < -0.39 is 5.97 Å². The van der Waals surface area contributed by atoms with Crippen LogP contribution in [0.25, 0.3) is 11.3 Å². The summed E-state index contributed by atoms with van der Waals surface area (Å²) >= 11 is 3.41. The summed E-state index contributed by atoms with van der Waals surface area (Å²) in [6.45, 7) is 0. The molecule has 0 saturated heterocycles. The minimum absolute atomic E-state index is 0.245. The Bertz CT molecular complexity index is 830. The summed E-state index contributed by atoms with van der Waals surface area (Å²) in [5.41, 5.74) is 3.59. The Kier molecular flexibility index (Phi) is 4.53. The second kappa shape index (κ2) is 6.75. The standard InChI is InChI=1S/C19H14BrNO2/c20-15-8-6-14(7-9-15)17-11-10-16(19(22)23)18(21-17)12-13-4-2-1-3-5-13/h1-11H,12H2,(H,22,23). The van der Waals surface area contributed by atoms with Gasteiger partial charge in [0.2, 0.25) is 0 Å². The van der Waals surface area contributed by atoms with Crippen molar-refractivity contribution in [2.45, 2.75) is 6.42 Å². The topological polar surface area (TPSA) is 50.2 Å². The smallest absolute Gasteiger partial charge is 0.337 e. The number of rotatable bonds is 4. The molecule has 0 aliphatic heterocycles. The first-order valence-electron chi connectivity index (χ1n) is 7.16. The first kappa shape index (κ1) is 15.4. The molecule has 114 valence electrons. The molecule has 0 aliphatic rings. The van der Waals surface area contributed by atoms with Crippen molar-refractivity contribution in [3.63, 3.8) is 0 Å². The molecule has 0 saturated carbocycles. The van der Waals surface area contributed by atoms with Crippen LogP contribution in [0.1, 0.15) is 21.6 Å². The molecule has 0 unspecified atom stereocenters. The van der Waals surface area contributed by atoms with Gasteiger partial charge in [-0.3, -0.25) is 4.98 Å². The van der Waals surface area contributed by atoms with Crippen LogP contribution >= 0.6 is 15.9 Å². The average molecular weight is 368 g/mol. The Morgan fingerprint density at radius 1 is 0.957 bits per heavy atom. The van der Waals surface area contributed by atoms with Gasteiger partial charge in [0.25, 0.3) is 0 Å². The van der Waals surface area contributed by atoms with Crippen molar-refractivity contribution in [3.8, 4) is 11.3 Å². The van der Waals surface area contributed by atoms with Crippen LogP contribution in [0.4, 0.5) is 0 Å². The predicted octanol–water partition coefficient (Wildman–Crippen LogP) is 4.80. The Labute approximate surface area is 142 Å². The van der Waals surface area contributed by atoms with E-state index in [0.29, 0.717) is 12.1 Å². The maximum absolute atomic E-state index is 11.5. The summed E-state index contributed by atoms with van der Waals surface area (Å²) in [6.07, 6.45) is 0.493. The number of benzene rings is 2. The number of aromatic nitrogens is 1. The van der Waals surface area contributed by atoms with E-state index in [4.69, 9.17) is 0 Å². The molecule has 4 heteroatoms. The molecule has 3 rings (SSSR count). The van der Waals surface area contributed by atoms with Crippen molar-refractivity contribution < 1.29 is 9.90 Å². The van der Waals surface area contributed by atoms with Gasteiger partial charge in [0.15, 0.2) is 0 Å². The van der Waals surface area contributed by atoms with Gasteiger partial charge in [-0.15, -0.1) is 0 Å². The Balaban J connectivity index is 2.02. The average Bonchev–Trinajstić information content (AvgIpc) is 2.56. The van der Waals surface area contributed by atoms with E-state index in [1.807, 2.05) is 54.6 Å². The molecular formula is C19H14BrNO2. The van der Waals surface area contributed by atoms with Crippen LogP contribution in [-0.2, 0) is 6.42 Å². The highest BCUT2D eigenvalue weighted by atomic mass is 79.9.